The minimum Gasteiger partial charge on any atom is -0.405 e. The highest BCUT2D eigenvalue weighted by atomic mass is 19.4. The topological polar surface area (TPSA) is 77.0 Å². The number of hydrogen-bond donors (Lipinski definition) is 3. The fourth-order valence-electron chi connectivity index (χ4n) is 2.91. The highest BCUT2D eigenvalue weighted by Crippen LogP contribution is 2.40. The number of rotatable bonds is 3. The molecule has 0 amide bonds. The highest BCUT2D eigenvalue weighted by molar-refractivity contribution is 5.77. The van der Waals surface area contributed by atoms with Crippen molar-refractivity contribution in [1.82, 2.24) is 4.98 Å². The molecule has 8 heteroatoms. The van der Waals surface area contributed by atoms with Gasteiger partial charge in [0.2, 0.25) is 0 Å². The second-order valence-corrected chi connectivity index (χ2v) is 5.95. The number of benzene rings is 1. The van der Waals surface area contributed by atoms with Crippen molar-refractivity contribution in [2.45, 2.75) is 25.6 Å². The Morgan fingerprint density at radius 1 is 1.26 bits per heavy atom. The minimum atomic E-state index is -4.50. The van der Waals surface area contributed by atoms with Gasteiger partial charge in [0.15, 0.2) is 0 Å². The lowest BCUT2D eigenvalue weighted by Gasteiger charge is -2.25. The van der Waals surface area contributed by atoms with Crippen LogP contribution in [0, 0.1) is 5.82 Å². The van der Waals surface area contributed by atoms with Gasteiger partial charge in [0.1, 0.15) is 17.7 Å². The first kappa shape index (κ1) is 20.3. The lowest BCUT2D eigenvalue weighted by molar-refractivity contribution is -0.134. The van der Waals surface area contributed by atoms with Crippen LogP contribution in [-0.4, -0.2) is 17.2 Å². The fourth-order valence-corrected chi connectivity index (χ4v) is 2.91. The smallest absolute Gasteiger partial charge is 0.405 e. The van der Waals surface area contributed by atoms with Gasteiger partial charge in [-0.2, -0.15) is 13.2 Å². The molecule has 0 saturated carbocycles. The number of nitrogen functional groups attached to an aromatic ring is 1. The number of allylic oxidation sites excluding steroid dienone is 1. The monoisotopic (exact) mass is 380 g/mol. The first-order valence-electron chi connectivity index (χ1n) is 8.03. The molecular formula is C19H20F4N4. The van der Waals surface area contributed by atoms with Crippen LogP contribution in [0.25, 0.3) is 5.57 Å². The molecular weight excluding hydrogens is 360 g/mol. The van der Waals surface area contributed by atoms with Gasteiger partial charge in [0, 0.05) is 0 Å². The van der Waals surface area contributed by atoms with Gasteiger partial charge in [-0.1, -0.05) is 12.6 Å². The summed E-state index contributed by atoms with van der Waals surface area (Å²) in [6.07, 6.45) is -1.87. The molecule has 2 aromatic rings. The van der Waals surface area contributed by atoms with E-state index in [1.807, 2.05) is 0 Å². The zero-order valence-corrected chi connectivity index (χ0v) is 14.6. The summed E-state index contributed by atoms with van der Waals surface area (Å²) in [4.78, 5) is 3.79. The van der Waals surface area contributed by atoms with E-state index in [0.29, 0.717) is 16.7 Å². The Hall–Kier alpha value is -3.03. The predicted octanol–water partition coefficient (Wildman–Crippen LogP) is 4.26. The van der Waals surface area contributed by atoms with E-state index in [4.69, 9.17) is 5.73 Å². The standard InChI is InChI=1S/C17H15F4N3.C2H5N/c1-9-13-7-11(18)3-2-10(13)6-14(9)16(17(19,20)21)24-12-4-5-15(22)23-8-12;1-2-3/h2-5,7-8,16,24H,6H2,1H3,(H2,22,23);2H,1,3H2. The lowest BCUT2D eigenvalue weighted by atomic mass is 10.0. The molecule has 1 aliphatic carbocycles. The summed E-state index contributed by atoms with van der Waals surface area (Å²) in [5.41, 5.74) is 12.1. The summed E-state index contributed by atoms with van der Waals surface area (Å²) in [6.45, 7) is 4.72. The van der Waals surface area contributed by atoms with Crippen molar-refractivity contribution >= 4 is 17.1 Å². The molecule has 0 aliphatic heterocycles. The maximum absolute atomic E-state index is 13.6. The number of alkyl halides is 3. The van der Waals surface area contributed by atoms with Gasteiger partial charge in [-0.3, -0.25) is 0 Å². The molecule has 5 N–H and O–H groups in total. The Kier molecular flexibility index (Phi) is 6.09. The number of aromatic nitrogens is 1. The minimum absolute atomic E-state index is 0.126. The molecule has 0 spiro atoms. The van der Waals surface area contributed by atoms with Gasteiger partial charge in [0.25, 0.3) is 0 Å². The lowest BCUT2D eigenvalue weighted by Crippen LogP contribution is -2.38. The van der Waals surface area contributed by atoms with E-state index in [9.17, 15) is 17.6 Å². The molecule has 1 heterocycles. The second kappa shape index (κ2) is 8.11. The van der Waals surface area contributed by atoms with E-state index < -0.39 is 18.0 Å². The van der Waals surface area contributed by atoms with Crippen molar-refractivity contribution in [2.24, 2.45) is 5.73 Å². The quantitative estimate of drug-likeness (QED) is 0.695. The van der Waals surface area contributed by atoms with Crippen molar-refractivity contribution < 1.29 is 17.6 Å². The summed E-state index contributed by atoms with van der Waals surface area (Å²) in [6, 6.07) is 5.05. The molecule has 0 saturated heterocycles. The maximum atomic E-state index is 13.6. The van der Waals surface area contributed by atoms with Crippen molar-refractivity contribution in [2.75, 3.05) is 11.1 Å². The maximum Gasteiger partial charge on any atom is 0.412 e. The van der Waals surface area contributed by atoms with Gasteiger partial charge >= 0.3 is 6.18 Å². The molecule has 4 nitrogen and oxygen atoms in total. The summed E-state index contributed by atoms with van der Waals surface area (Å²) in [7, 11) is 0. The van der Waals surface area contributed by atoms with Crippen LogP contribution in [-0.2, 0) is 6.42 Å². The summed E-state index contributed by atoms with van der Waals surface area (Å²) >= 11 is 0. The van der Waals surface area contributed by atoms with Gasteiger partial charge in [0.05, 0.1) is 11.9 Å². The van der Waals surface area contributed by atoms with Crippen LogP contribution in [0.1, 0.15) is 18.1 Å². The molecule has 0 fully saturated rings. The number of hydrogen-bond acceptors (Lipinski definition) is 4. The molecule has 1 aliphatic rings. The first-order chi connectivity index (χ1) is 12.7. The van der Waals surface area contributed by atoms with Crippen molar-refractivity contribution in [3.63, 3.8) is 0 Å². The second-order valence-electron chi connectivity index (χ2n) is 5.95. The van der Waals surface area contributed by atoms with E-state index in [0.717, 1.165) is 0 Å². The van der Waals surface area contributed by atoms with Crippen LogP contribution < -0.4 is 16.8 Å². The first-order valence-corrected chi connectivity index (χ1v) is 8.03. The Morgan fingerprint density at radius 3 is 2.48 bits per heavy atom. The zero-order chi connectivity index (χ0) is 20.2. The molecule has 1 aromatic heterocycles. The summed E-state index contributed by atoms with van der Waals surface area (Å²) in [5, 5.41) is 2.47. The summed E-state index contributed by atoms with van der Waals surface area (Å²) < 4.78 is 54.2. The van der Waals surface area contributed by atoms with E-state index in [2.05, 4.69) is 22.6 Å². The van der Waals surface area contributed by atoms with Gasteiger partial charge in [-0.15, -0.1) is 0 Å². The third-order valence-corrected chi connectivity index (χ3v) is 4.11. The zero-order valence-electron chi connectivity index (χ0n) is 14.6. The number of fused-ring (bicyclic) bond motifs is 1. The number of nitrogens with zero attached hydrogens (tertiary/aromatic N) is 1. The average molecular weight is 380 g/mol. The Balaban J connectivity index is 0.000000817. The van der Waals surface area contributed by atoms with Crippen LogP contribution >= 0.6 is 0 Å². The molecule has 27 heavy (non-hydrogen) atoms. The Labute approximate surface area is 154 Å². The van der Waals surface area contributed by atoms with Crippen LogP contribution in [0.5, 0.6) is 0 Å². The highest BCUT2D eigenvalue weighted by Gasteiger charge is 2.44. The normalized spacial score (nSPS) is 14.1. The molecule has 1 aromatic carbocycles. The average Bonchev–Trinajstić information content (AvgIpc) is 2.90. The van der Waals surface area contributed by atoms with Crippen molar-refractivity contribution in [3.8, 4) is 0 Å². The van der Waals surface area contributed by atoms with Crippen molar-refractivity contribution in [1.29, 1.82) is 0 Å². The van der Waals surface area contributed by atoms with E-state index >= 15 is 0 Å². The SMILES string of the molecule is C=CN.CC1=C(C(Nc2ccc(N)nc2)C(F)(F)F)Cc2ccc(F)cc21. The summed E-state index contributed by atoms with van der Waals surface area (Å²) in [5.74, 6) is -0.239. The number of pyridine rings is 1. The molecule has 0 bridgehead atoms. The van der Waals surface area contributed by atoms with E-state index in [-0.39, 0.29) is 23.5 Å². The number of nitrogens with two attached hydrogens (primary N) is 2. The van der Waals surface area contributed by atoms with E-state index in [1.54, 1.807) is 6.92 Å². The van der Waals surface area contributed by atoms with Crippen molar-refractivity contribution in [3.05, 3.63) is 71.8 Å². The van der Waals surface area contributed by atoms with Gasteiger partial charge in [-0.05, 0) is 66.1 Å². The number of nitrogens with one attached hydrogen (secondary N) is 1. The Bertz CT molecular complexity index is 842. The van der Waals surface area contributed by atoms with E-state index in [1.165, 1.54) is 42.7 Å². The number of anilines is 2. The predicted molar refractivity (Wildman–Crippen MR) is 99.2 cm³/mol. The molecule has 144 valence electrons. The van der Waals surface area contributed by atoms with Gasteiger partial charge in [-0.25, -0.2) is 9.37 Å². The van der Waals surface area contributed by atoms with Crippen LogP contribution in [0.2, 0.25) is 0 Å². The third kappa shape index (κ3) is 4.78. The molecule has 1 atom stereocenters. The molecule has 1 unspecified atom stereocenters. The van der Waals surface area contributed by atoms with Crippen LogP contribution in [0.15, 0.2) is 54.9 Å². The van der Waals surface area contributed by atoms with Crippen LogP contribution in [0.4, 0.5) is 29.1 Å². The number of halogens is 4. The third-order valence-electron chi connectivity index (χ3n) is 4.11. The molecule has 0 radical (unpaired) electrons. The largest absolute Gasteiger partial charge is 0.412 e. The molecule has 3 rings (SSSR count). The Morgan fingerprint density at radius 2 is 1.93 bits per heavy atom. The van der Waals surface area contributed by atoms with Crippen LogP contribution in [0.3, 0.4) is 0 Å². The van der Waals surface area contributed by atoms with Gasteiger partial charge < -0.3 is 16.8 Å². The fraction of sp³-hybridized carbons (Fsp3) is 0.211.